The maximum absolute atomic E-state index is 13.4. The van der Waals surface area contributed by atoms with E-state index < -0.39 is 6.04 Å². The lowest BCUT2D eigenvalue weighted by Gasteiger charge is -2.14. The zero-order valence-electron chi connectivity index (χ0n) is 10.5. The second kappa shape index (κ2) is 5.00. The van der Waals surface area contributed by atoms with Crippen LogP contribution in [0.25, 0.3) is 0 Å². The zero-order valence-corrected chi connectivity index (χ0v) is 12.1. The van der Waals surface area contributed by atoms with Crippen LogP contribution in [0.2, 0.25) is 0 Å². The zero-order chi connectivity index (χ0) is 14.3. The van der Waals surface area contributed by atoms with Crippen molar-refractivity contribution < 1.29 is 9.18 Å². The summed E-state index contributed by atoms with van der Waals surface area (Å²) in [5, 5.41) is 2.77. The Kier molecular flexibility index (Phi) is 3.31. The highest BCUT2D eigenvalue weighted by atomic mass is 79.9. The number of carbonyl (C=O) groups excluding carboxylic acids is 1. The van der Waals surface area contributed by atoms with Gasteiger partial charge in [-0.3, -0.25) is 4.79 Å². The van der Waals surface area contributed by atoms with E-state index in [-0.39, 0.29) is 11.7 Å². The van der Waals surface area contributed by atoms with Crippen molar-refractivity contribution in [3.8, 4) is 0 Å². The lowest BCUT2D eigenvalue weighted by molar-refractivity contribution is -0.115. The van der Waals surface area contributed by atoms with Crippen molar-refractivity contribution in [3.05, 3.63) is 63.4 Å². The molecule has 3 rings (SSSR count). The van der Waals surface area contributed by atoms with Crippen molar-refractivity contribution >= 4 is 27.5 Å². The molecule has 1 aliphatic rings. The van der Waals surface area contributed by atoms with E-state index in [9.17, 15) is 9.18 Å². The molecule has 0 saturated carbocycles. The predicted octanol–water partition coefficient (Wildman–Crippen LogP) is 3.13. The van der Waals surface area contributed by atoms with Crippen LogP contribution in [0.15, 0.2) is 40.9 Å². The molecule has 0 bridgehead atoms. The van der Waals surface area contributed by atoms with Gasteiger partial charge in [0.05, 0.1) is 12.5 Å². The van der Waals surface area contributed by atoms with Crippen LogP contribution in [0.5, 0.6) is 0 Å². The molecule has 0 aromatic heterocycles. The van der Waals surface area contributed by atoms with Crippen LogP contribution in [-0.2, 0) is 11.2 Å². The fourth-order valence-electron chi connectivity index (χ4n) is 2.39. The number of fused-ring (bicyclic) bond motifs is 1. The molecular formula is C15H12BrFN2O. The Hall–Kier alpha value is -1.72. The summed E-state index contributed by atoms with van der Waals surface area (Å²) in [5.41, 5.74) is 9.49. The van der Waals surface area contributed by atoms with Crippen molar-refractivity contribution in [1.82, 2.24) is 0 Å². The lowest BCUT2D eigenvalue weighted by atomic mass is 9.97. The standard InChI is InChI=1S/C15H12BrFN2O/c16-11-4-10(5-12(17)7-11)15(18)8-1-2-13-9(3-8)6-14(20)19-13/h1-5,7,15H,6,18H2,(H,19,20). The minimum atomic E-state index is -0.428. The lowest BCUT2D eigenvalue weighted by Crippen LogP contribution is -2.12. The van der Waals surface area contributed by atoms with Crippen molar-refractivity contribution in [2.75, 3.05) is 5.32 Å². The smallest absolute Gasteiger partial charge is 0.228 e. The van der Waals surface area contributed by atoms with E-state index >= 15 is 0 Å². The number of anilines is 1. The first-order valence-corrected chi connectivity index (χ1v) is 6.96. The van der Waals surface area contributed by atoms with Gasteiger partial charge in [-0.25, -0.2) is 4.39 Å². The molecular weight excluding hydrogens is 323 g/mol. The summed E-state index contributed by atoms with van der Waals surface area (Å²) in [5.74, 6) is -0.345. The van der Waals surface area contributed by atoms with E-state index in [0.29, 0.717) is 16.5 Å². The van der Waals surface area contributed by atoms with E-state index in [2.05, 4.69) is 21.2 Å². The van der Waals surface area contributed by atoms with Gasteiger partial charge >= 0.3 is 0 Å². The molecule has 102 valence electrons. The SMILES string of the molecule is NC(c1cc(F)cc(Br)c1)c1ccc2c(c1)CC(=O)N2. The van der Waals surface area contributed by atoms with Crippen LogP contribution in [0.1, 0.15) is 22.7 Å². The molecule has 0 radical (unpaired) electrons. The third kappa shape index (κ3) is 2.46. The first kappa shape index (κ1) is 13.3. The summed E-state index contributed by atoms with van der Waals surface area (Å²) in [6.45, 7) is 0. The molecule has 2 aromatic rings. The van der Waals surface area contributed by atoms with Crippen molar-refractivity contribution in [2.24, 2.45) is 5.73 Å². The summed E-state index contributed by atoms with van der Waals surface area (Å²) in [7, 11) is 0. The average Bonchev–Trinajstić information content (AvgIpc) is 2.75. The van der Waals surface area contributed by atoms with E-state index in [1.54, 1.807) is 6.07 Å². The van der Waals surface area contributed by atoms with Gasteiger partial charge in [-0.1, -0.05) is 28.1 Å². The fourth-order valence-corrected chi connectivity index (χ4v) is 2.87. The molecule has 1 atom stereocenters. The quantitative estimate of drug-likeness (QED) is 0.886. The Morgan fingerprint density at radius 1 is 1.20 bits per heavy atom. The number of benzene rings is 2. The summed E-state index contributed by atoms with van der Waals surface area (Å²) < 4.78 is 14.1. The number of amides is 1. The number of rotatable bonds is 2. The second-order valence-electron chi connectivity index (χ2n) is 4.82. The van der Waals surface area contributed by atoms with Gasteiger partial charge < -0.3 is 11.1 Å². The molecule has 1 aliphatic heterocycles. The molecule has 0 spiro atoms. The van der Waals surface area contributed by atoms with E-state index in [0.717, 1.165) is 16.8 Å². The molecule has 20 heavy (non-hydrogen) atoms. The fraction of sp³-hybridized carbons (Fsp3) is 0.133. The molecule has 5 heteroatoms. The predicted molar refractivity (Wildman–Crippen MR) is 78.9 cm³/mol. The molecule has 0 fully saturated rings. The van der Waals surface area contributed by atoms with E-state index in [1.165, 1.54) is 12.1 Å². The first-order valence-electron chi connectivity index (χ1n) is 6.17. The van der Waals surface area contributed by atoms with Gasteiger partial charge in [0.1, 0.15) is 5.82 Å². The normalized spacial score (nSPS) is 14.8. The van der Waals surface area contributed by atoms with Crippen LogP contribution in [-0.4, -0.2) is 5.91 Å². The second-order valence-corrected chi connectivity index (χ2v) is 5.74. The number of hydrogen-bond donors (Lipinski definition) is 2. The van der Waals surface area contributed by atoms with Gasteiger partial charge in [-0.2, -0.15) is 0 Å². The average molecular weight is 335 g/mol. The number of halogens is 2. The Balaban J connectivity index is 1.97. The van der Waals surface area contributed by atoms with Crippen LogP contribution in [0.4, 0.5) is 10.1 Å². The van der Waals surface area contributed by atoms with Gasteiger partial charge in [-0.15, -0.1) is 0 Å². The molecule has 1 heterocycles. The molecule has 3 nitrogen and oxygen atoms in total. The summed E-state index contributed by atoms with van der Waals surface area (Å²) in [6, 6.07) is 9.77. The third-order valence-corrected chi connectivity index (χ3v) is 3.82. The molecule has 2 aromatic carbocycles. The molecule has 3 N–H and O–H groups in total. The van der Waals surface area contributed by atoms with E-state index in [1.807, 2.05) is 18.2 Å². The molecule has 0 saturated heterocycles. The first-order chi connectivity index (χ1) is 9.52. The van der Waals surface area contributed by atoms with Gasteiger partial charge in [0.2, 0.25) is 5.91 Å². The minimum Gasteiger partial charge on any atom is -0.326 e. The number of nitrogens with two attached hydrogens (primary N) is 1. The van der Waals surface area contributed by atoms with Crippen LogP contribution in [0, 0.1) is 5.82 Å². The summed E-state index contributed by atoms with van der Waals surface area (Å²) in [6.07, 6.45) is 0.364. The highest BCUT2D eigenvalue weighted by molar-refractivity contribution is 9.10. The Morgan fingerprint density at radius 3 is 2.75 bits per heavy atom. The van der Waals surface area contributed by atoms with Gasteiger partial charge in [0.25, 0.3) is 0 Å². The Labute approximate surface area is 124 Å². The maximum atomic E-state index is 13.4. The van der Waals surface area contributed by atoms with Crippen LogP contribution >= 0.6 is 15.9 Å². The summed E-state index contributed by atoms with van der Waals surface area (Å²) in [4.78, 5) is 11.3. The van der Waals surface area contributed by atoms with Crippen molar-refractivity contribution in [1.29, 1.82) is 0 Å². The third-order valence-electron chi connectivity index (χ3n) is 3.36. The van der Waals surface area contributed by atoms with Gasteiger partial charge in [-0.05, 0) is 41.0 Å². The summed E-state index contributed by atoms with van der Waals surface area (Å²) >= 11 is 3.26. The van der Waals surface area contributed by atoms with E-state index in [4.69, 9.17) is 5.73 Å². The largest absolute Gasteiger partial charge is 0.326 e. The van der Waals surface area contributed by atoms with Gasteiger partial charge in [0, 0.05) is 10.2 Å². The van der Waals surface area contributed by atoms with Crippen molar-refractivity contribution in [3.63, 3.8) is 0 Å². The highest BCUT2D eigenvalue weighted by Crippen LogP contribution is 2.29. The number of carbonyl (C=O) groups is 1. The number of hydrogen-bond acceptors (Lipinski definition) is 2. The number of nitrogens with one attached hydrogen (secondary N) is 1. The Morgan fingerprint density at radius 2 is 2.00 bits per heavy atom. The monoisotopic (exact) mass is 334 g/mol. The molecule has 0 aliphatic carbocycles. The topological polar surface area (TPSA) is 55.1 Å². The van der Waals surface area contributed by atoms with Gasteiger partial charge in [0.15, 0.2) is 0 Å². The molecule has 1 amide bonds. The van der Waals surface area contributed by atoms with Crippen LogP contribution in [0.3, 0.4) is 0 Å². The minimum absolute atomic E-state index is 0.0146. The highest BCUT2D eigenvalue weighted by Gasteiger charge is 2.19. The van der Waals surface area contributed by atoms with Crippen molar-refractivity contribution in [2.45, 2.75) is 12.5 Å². The maximum Gasteiger partial charge on any atom is 0.228 e. The molecule has 1 unspecified atom stereocenters. The van der Waals surface area contributed by atoms with Crippen LogP contribution < -0.4 is 11.1 Å². The Bertz CT molecular complexity index is 682.